The van der Waals surface area contributed by atoms with Gasteiger partial charge in [0.05, 0.1) is 5.92 Å². The summed E-state index contributed by atoms with van der Waals surface area (Å²) in [5.74, 6) is -0.330. The summed E-state index contributed by atoms with van der Waals surface area (Å²) in [7, 11) is 0. The lowest BCUT2D eigenvalue weighted by molar-refractivity contribution is -0.141. The number of pyridine rings is 1. The summed E-state index contributed by atoms with van der Waals surface area (Å²) < 4.78 is 1.16. The van der Waals surface area contributed by atoms with Gasteiger partial charge in [-0.25, -0.2) is 4.98 Å². The standard InChI is InChI=1S/C13H16N2O2S/c1-2-3-9(13(16)17)8-15-12-10-5-7-18-11(10)4-6-14-12/h4-7,9H,2-3,8H2,1H3,(H,14,15)(H,16,17). The highest BCUT2D eigenvalue weighted by atomic mass is 32.1. The minimum atomic E-state index is -0.748. The van der Waals surface area contributed by atoms with Crippen molar-refractivity contribution in [3.8, 4) is 0 Å². The molecule has 0 aromatic carbocycles. The van der Waals surface area contributed by atoms with Crippen molar-refractivity contribution in [2.45, 2.75) is 19.8 Å². The summed E-state index contributed by atoms with van der Waals surface area (Å²) in [5.41, 5.74) is 0. The van der Waals surface area contributed by atoms with Gasteiger partial charge in [0.25, 0.3) is 0 Å². The molecule has 2 aromatic rings. The van der Waals surface area contributed by atoms with E-state index in [-0.39, 0.29) is 5.92 Å². The lowest BCUT2D eigenvalue weighted by atomic mass is 10.0. The molecule has 0 saturated heterocycles. The predicted molar refractivity (Wildman–Crippen MR) is 74.1 cm³/mol. The van der Waals surface area contributed by atoms with Crippen molar-refractivity contribution in [2.75, 3.05) is 11.9 Å². The molecule has 2 aromatic heterocycles. The highest BCUT2D eigenvalue weighted by molar-refractivity contribution is 7.17. The molecule has 0 fully saturated rings. The number of carboxylic acids is 1. The molecule has 0 aliphatic carbocycles. The Hall–Kier alpha value is -1.62. The van der Waals surface area contributed by atoms with Crippen LogP contribution in [0.15, 0.2) is 23.7 Å². The highest BCUT2D eigenvalue weighted by Gasteiger charge is 2.16. The number of fused-ring (bicyclic) bond motifs is 1. The summed E-state index contributed by atoms with van der Waals surface area (Å²) in [5, 5.41) is 15.3. The smallest absolute Gasteiger partial charge is 0.308 e. The summed E-state index contributed by atoms with van der Waals surface area (Å²) >= 11 is 1.66. The van der Waals surface area contributed by atoms with Gasteiger partial charge >= 0.3 is 5.97 Å². The van der Waals surface area contributed by atoms with Crippen LogP contribution in [0.25, 0.3) is 10.1 Å². The zero-order chi connectivity index (χ0) is 13.0. The van der Waals surface area contributed by atoms with Crippen LogP contribution in [0.4, 0.5) is 5.82 Å². The van der Waals surface area contributed by atoms with Crippen LogP contribution in [-0.4, -0.2) is 22.6 Å². The van der Waals surface area contributed by atoms with Crippen molar-refractivity contribution in [3.63, 3.8) is 0 Å². The molecule has 2 N–H and O–H groups in total. The second-order valence-corrected chi connectivity index (χ2v) is 5.14. The molecule has 1 atom stereocenters. The third-order valence-corrected chi connectivity index (χ3v) is 3.76. The molecule has 2 rings (SSSR count). The summed E-state index contributed by atoms with van der Waals surface area (Å²) in [6.45, 7) is 2.42. The molecule has 0 bridgehead atoms. The van der Waals surface area contributed by atoms with Gasteiger partial charge in [0.2, 0.25) is 0 Å². The Bertz CT molecular complexity index is 539. The van der Waals surface area contributed by atoms with Gasteiger partial charge in [0, 0.05) is 22.8 Å². The number of hydrogen-bond acceptors (Lipinski definition) is 4. The molecule has 0 amide bonds. The van der Waals surface area contributed by atoms with Crippen LogP contribution in [0.5, 0.6) is 0 Å². The fourth-order valence-corrected chi connectivity index (χ4v) is 2.70. The van der Waals surface area contributed by atoms with Crippen molar-refractivity contribution in [1.82, 2.24) is 4.98 Å². The molecule has 18 heavy (non-hydrogen) atoms. The van der Waals surface area contributed by atoms with E-state index in [2.05, 4.69) is 10.3 Å². The van der Waals surface area contributed by atoms with Gasteiger partial charge in [0.15, 0.2) is 0 Å². The molecule has 0 radical (unpaired) electrons. The lowest BCUT2D eigenvalue weighted by Gasteiger charge is -2.13. The van der Waals surface area contributed by atoms with E-state index in [0.717, 1.165) is 22.3 Å². The van der Waals surface area contributed by atoms with Crippen LogP contribution >= 0.6 is 11.3 Å². The van der Waals surface area contributed by atoms with Crippen LogP contribution in [0.1, 0.15) is 19.8 Å². The maximum Gasteiger partial charge on any atom is 0.308 e. The fourth-order valence-electron chi connectivity index (χ4n) is 1.92. The minimum absolute atomic E-state index is 0.356. The number of aromatic nitrogens is 1. The Kier molecular flexibility index (Phi) is 4.15. The average molecular weight is 264 g/mol. The van der Waals surface area contributed by atoms with E-state index in [4.69, 9.17) is 5.11 Å². The third-order valence-electron chi connectivity index (χ3n) is 2.88. The third kappa shape index (κ3) is 2.79. The normalized spacial score (nSPS) is 12.5. The van der Waals surface area contributed by atoms with Gasteiger partial charge in [-0.3, -0.25) is 4.79 Å². The number of nitrogens with zero attached hydrogens (tertiary/aromatic N) is 1. The van der Waals surface area contributed by atoms with Gasteiger partial charge in [-0.1, -0.05) is 13.3 Å². The topological polar surface area (TPSA) is 62.2 Å². The molecule has 0 saturated carbocycles. The van der Waals surface area contributed by atoms with Crippen molar-refractivity contribution >= 4 is 33.2 Å². The van der Waals surface area contributed by atoms with E-state index < -0.39 is 5.97 Å². The van der Waals surface area contributed by atoms with Gasteiger partial charge in [-0.15, -0.1) is 11.3 Å². The summed E-state index contributed by atoms with van der Waals surface area (Å²) in [6.07, 6.45) is 3.30. The largest absolute Gasteiger partial charge is 0.481 e. The number of thiophene rings is 1. The Labute approximate surface area is 110 Å². The average Bonchev–Trinajstić information content (AvgIpc) is 2.82. The number of carboxylic acid groups (broad SMARTS) is 1. The number of hydrogen-bond donors (Lipinski definition) is 2. The molecule has 1 unspecified atom stereocenters. The Morgan fingerprint density at radius 2 is 2.39 bits per heavy atom. The zero-order valence-electron chi connectivity index (χ0n) is 10.2. The van der Waals surface area contributed by atoms with Crippen molar-refractivity contribution in [1.29, 1.82) is 0 Å². The number of rotatable bonds is 6. The molecule has 2 heterocycles. The SMILES string of the molecule is CCCC(CNc1nccc2sccc12)C(=O)O. The summed E-state index contributed by atoms with van der Waals surface area (Å²) in [4.78, 5) is 15.3. The van der Waals surface area contributed by atoms with E-state index in [0.29, 0.717) is 13.0 Å². The quantitative estimate of drug-likeness (QED) is 0.841. The van der Waals surface area contributed by atoms with E-state index >= 15 is 0 Å². The van der Waals surface area contributed by atoms with E-state index in [9.17, 15) is 4.79 Å². The van der Waals surface area contributed by atoms with Crippen LogP contribution in [0.2, 0.25) is 0 Å². The van der Waals surface area contributed by atoms with Crippen molar-refractivity contribution < 1.29 is 9.90 Å². The first-order chi connectivity index (χ1) is 8.72. The Morgan fingerprint density at radius 3 is 3.11 bits per heavy atom. The van der Waals surface area contributed by atoms with Gasteiger partial charge in [-0.2, -0.15) is 0 Å². The fraction of sp³-hybridized carbons (Fsp3) is 0.385. The Morgan fingerprint density at radius 1 is 1.56 bits per heavy atom. The molecular formula is C13H16N2O2S. The molecule has 5 heteroatoms. The zero-order valence-corrected chi connectivity index (χ0v) is 11.0. The molecule has 96 valence electrons. The molecule has 4 nitrogen and oxygen atoms in total. The van der Waals surface area contributed by atoms with E-state index in [1.165, 1.54) is 0 Å². The first-order valence-electron chi connectivity index (χ1n) is 6.01. The maximum atomic E-state index is 11.1. The number of anilines is 1. The number of nitrogens with one attached hydrogen (secondary N) is 1. The predicted octanol–water partition coefficient (Wildman–Crippen LogP) is 3.21. The maximum absolute atomic E-state index is 11.1. The van der Waals surface area contributed by atoms with Crippen LogP contribution < -0.4 is 5.32 Å². The van der Waals surface area contributed by atoms with Crippen LogP contribution in [-0.2, 0) is 4.79 Å². The second-order valence-electron chi connectivity index (χ2n) is 4.20. The lowest BCUT2D eigenvalue weighted by Crippen LogP contribution is -2.23. The van der Waals surface area contributed by atoms with Gasteiger partial charge in [-0.05, 0) is 23.9 Å². The first kappa shape index (κ1) is 12.8. The minimum Gasteiger partial charge on any atom is -0.481 e. The van der Waals surface area contributed by atoms with E-state index in [1.54, 1.807) is 17.5 Å². The van der Waals surface area contributed by atoms with Crippen molar-refractivity contribution in [2.24, 2.45) is 5.92 Å². The van der Waals surface area contributed by atoms with Crippen LogP contribution in [0, 0.1) is 5.92 Å². The monoisotopic (exact) mass is 264 g/mol. The van der Waals surface area contributed by atoms with Crippen molar-refractivity contribution in [3.05, 3.63) is 23.7 Å². The molecule has 0 spiro atoms. The van der Waals surface area contributed by atoms with E-state index in [1.807, 2.05) is 24.4 Å². The molecular weight excluding hydrogens is 248 g/mol. The van der Waals surface area contributed by atoms with Gasteiger partial charge in [0.1, 0.15) is 5.82 Å². The van der Waals surface area contributed by atoms with Crippen LogP contribution in [0.3, 0.4) is 0 Å². The van der Waals surface area contributed by atoms with Gasteiger partial charge < -0.3 is 10.4 Å². The molecule has 0 aliphatic rings. The molecule has 0 aliphatic heterocycles. The first-order valence-corrected chi connectivity index (χ1v) is 6.89. The summed E-state index contributed by atoms with van der Waals surface area (Å²) in [6, 6.07) is 3.97. The number of carbonyl (C=O) groups is 1. The Balaban J connectivity index is 2.09. The second kappa shape index (κ2) is 5.82. The number of aliphatic carboxylic acids is 1. The highest BCUT2D eigenvalue weighted by Crippen LogP contribution is 2.26.